The van der Waals surface area contributed by atoms with Gasteiger partial charge in [-0.05, 0) is 43.7 Å². The molecule has 0 unspecified atom stereocenters. The van der Waals surface area contributed by atoms with E-state index in [4.69, 9.17) is 4.74 Å². The molecule has 2 fully saturated rings. The van der Waals surface area contributed by atoms with E-state index < -0.39 is 0 Å². The maximum Gasteiger partial charge on any atom is 0.262 e. The van der Waals surface area contributed by atoms with Crippen molar-refractivity contribution in [3.05, 3.63) is 21.7 Å². The van der Waals surface area contributed by atoms with Gasteiger partial charge >= 0.3 is 0 Å². The van der Waals surface area contributed by atoms with Gasteiger partial charge in [0.05, 0.1) is 29.8 Å². The summed E-state index contributed by atoms with van der Waals surface area (Å²) < 4.78 is 5.12. The molecule has 2 aromatic rings. The molecule has 1 saturated heterocycles. The monoisotopic (exact) mass is 303 g/mol. The van der Waals surface area contributed by atoms with Crippen LogP contribution in [0, 0.1) is 13.8 Å². The van der Waals surface area contributed by atoms with Crippen LogP contribution in [-0.4, -0.2) is 35.4 Å². The molecule has 1 aliphatic heterocycles. The van der Waals surface area contributed by atoms with Gasteiger partial charge in [0.25, 0.3) is 5.91 Å². The molecule has 0 spiro atoms. The van der Waals surface area contributed by atoms with Crippen molar-refractivity contribution in [1.82, 2.24) is 15.5 Å². The molecule has 5 nitrogen and oxygen atoms in total. The maximum atomic E-state index is 12.6. The van der Waals surface area contributed by atoms with Crippen molar-refractivity contribution in [2.45, 2.75) is 38.6 Å². The first-order valence-corrected chi connectivity index (χ1v) is 8.11. The van der Waals surface area contributed by atoms with E-state index in [1.807, 2.05) is 6.92 Å². The Bertz CT molecular complexity index is 732. The van der Waals surface area contributed by atoms with Crippen LogP contribution in [-0.2, 0) is 4.74 Å². The quantitative estimate of drug-likeness (QED) is 0.945. The molecule has 0 atom stereocenters. The average molecular weight is 303 g/mol. The Hall–Kier alpha value is -1.53. The Balaban J connectivity index is 1.82. The molecule has 0 radical (unpaired) electrons. The molecule has 3 heterocycles. The van der Waals surface area contributed by atoms with Crippen LogP contribution in [0.25, 0.3) is 10.2 Å². The Kier molecular flexibility index (Phi) is 2.97. The maximum absolute atomic E-state index is 12.6. The van der Waals surface area contributed by atoms with Gasteiger partial charge in [0, 0.05) is 5.39 Å². The lowest BCUT2D eigenvalue weighted by Gasteiger charge is -2.26. The molecule has 0 aromatic carbocycles. The third-order valence-electron chi connectivity index (χ3n) is 4.30. The standard InChI is InChI=1S/C15H17N3O2S/c1-7-8(2)17-18-15-11(7)12(9-3-4-9)13(21-15)14(19)16-10-5-20-6-10/h9-10H,3-6H2,1-2H3,(H,16,19). The number of nitrogens with zero attached hydrogens (tertiary/aromatic N) is 2. The van der Waals surface area contributed by atoms with Gasteiger partial charge in [0.15, 0.2) is 0 Å². The molecule has 2 aromatic heterocycles. The van der Waals surface area contributed by atoms with Gasteiger partial charge in [0.1, 0.15) is 4.83 Å². The molecular weight excluding hydrogens is 286 g/mol. The summed E-state index contributed by atoms with van der Waals surface area (Å²) in [5.74, 6) is 0.532. The van der Waals surface area contributed by atoms with Gasteiger partial charge in [-0.3, -0.25) is 4.79 Å². The zero-order valence-electron chi connectivity index (χ0n) is 12.1. The predicted octanol–water partition coefficient (Wildman–Crippen LogP) is 2.31. The van der Waals surface area contributed by atoms with Crippen LogP contribution in [0.15, 0.2) is 0 Å². The second kappa shape index (κ2) is 4.74. The Morgan fingerprint density at radius 1 is 1.29 bits per heavy atom. The highest BCUT2D eigenvalue weighted by Crippen LogP contribution is 2.48. The zero-order chi connectivity index (χ0) is 14.6. The number of carbonyl (C=O) groups is 1. The minimum atomic E-state index is 0.0188. The molecular formula is C15H17N3O2S. The lowest BCUT2D eigenvalue weighted by Crippen LogP contribution is -2.48. The number of hydrogen-bond donors (Lipinski definition) is 1. The number of thiophene rings is 1. The van der Waals surface area contributed by atoms with Crippen molar-refractivity contribution in [2.24, 2.45) is 0 Å². The highest BCUT2D eigenvalue weighted by Gasteiger charge is 2.34. The predicted molar refractivity (Wildman–Crippen MR) is 80.9 cm³/mol. The number of ether oxygens (including phenoxy) is 1. The Labute approximate surface area is 126 Å². The van der Waals surface area contributed by atoms with Gasteiger partial charge in [-0.1, -0.05) is 0 Å². The van der Waals surface area contributed by atoms with E-state index in [9.17, 15) is 4.79 Å². The van der Waals surface area contributed by atoms with Crippen molar-refractivity contribution in [2.75, 3.05) is 13.2 Å². The topological polar surface area (TPSA) is 64.1 Å². The lowest BCUT2D eigenvalue weighted by atomic mass is 10.0. The second-order valence-corrected chi connectivity index (χ2v) is 6.92. The molecule has 4 rings (SSSR count). The SMILES string of the molecule is Cc1nnc2sc(C(=O)NC3COC3)c(C3CC3)c2c1C. The number of nitrogens with one attached hydrogen (secondary N) is 1. The first-order chi connectivity index (χ1) is 10.1. The smallest absolute Gasteiger partial charge is 0.262 e. The van der Waals surface area contributed by atoms with E-state index in [1.165, 1.54) is 29.7 Å². The van der Waals surface area contributed by atoms with Crippen LogP contribution in [0.1, 0.15) is 45.3 Å². The molecule has 0 bridgehead atoms. The minimum absolute atomic E-state index is 0.0188. The van der Waals surface area contributed by atoms with Crippen LogP contribution in [0.2, 0.25) is 0 Å². The van der Waals surface area contributed by atoms with Gasteiger partial charge in [-0.25, -0.2) is 0 Å². The summed E-state index contributed by atoms with van der Waals surface area (Å²) in [5, 5.41) is 12.7. The molecule has 1 saturated carbocycles. The van der Waals surface area contributed by atoms with Crippen LogP contribution in [0.5, 0.6) is 0 Å². The molecule has 2 aliphatic rings. The average Bonchev–Trinajstić information content (AvgIpc) is 3.18. The van der Waals surface area contributed by atoms with Crippen molar-refractivity contribution in [3.63, 3.8) is 0 Å². The Morgan fingerprint density at radius 2 is 2.05 bits per heavy atom. The number of fused-ring (bicyclic) bond motifs is 1. The van der Waals surface area contributed by atoms with E-state index >= 15 is 0 Å². The number of amides is 1. The highest BCUT2D eigenvalue weighted by atomic mass is 32.1. The fraction of sp³-hybridized carbons (Fsp3) is 0.533. The van der Waals surface area contributed by atoms with E-state index in [1.54, 1.807) is 0 Å². The van der Waals surface area contributed by atoms with E-state index in [0.29, 0.717) is 19.1 Å². The van der Waals surface area contributed by atoms with Crippen molar-refractivity contribution in [1.29, 1.82) is 0 Å². The number of carbonyl (C=O) groups excluding carboxylic acids is 1. The summed E-state index contributed by atoms with van der Waals surface area (Å²) in [7, 11) is 0. The largest absolute Gasteiger partial charge is 0.377 e. The van der Waals surface area contributed by atoms with Crippen LogP contribution >= 0.6 is 11.3 Å². The van der Waals surface area contributed by atoms with Gasteiger partial charge in [-0.2, -0.15) is 5.10 Å². The van der Waals surface area contributed by atoms with E-state index in [2.05, 4.69) is 22.4 Å². The number of aromatic nitrogens is 2. The molecule has 6 heteroatoms. The van der Waals surface area contributed by atoms with Gasteiger partial charge < -0.3 is 10.1 Å². The molecule has 110 valence electrons. The van der Waals surface area contributed by atoms with Crippen molar-refractivity contribution in [3.8, 4) is 0 Å². The third-order valence-corrected chi connectivity index (χ3v) is 5.39. The minimum Gasteiger partial charge on any atom is -0.377 e. The fourth-order valence-corrected chi connectivity index (χ4v) is 3.91. The molecule has 1 N–H and O–H groups in total. The molecule has 21 heavy (non-hydrogen) atoms. The van der Waals surface area contributed by atoms with Gasteiger partial charge in [0.2, 0.25) is 0 Å². The van der Waals surface area contributed by atoms with Crippen LogP contribution < -0.4 is 5.32 Å². The summed E-state index contributed by atoms with van der Waals surface area (Å²) >= 11 is 1.47. The lowest BCUT2D eigenvalue weighted by molar-refractivity contribution is -0.00340. The van der Waals surface area contributed by atoms with E-state index in [-0.39, 0.29) is 11.9 Å². The summed E-state index contributed by atoms with van der Waals surface area (Å²) in [6.07, 6.45) is 2.33. The first kappa shape index (κ1) is 13.2. The van der Waals surface area contributed by atoms with Crippen LogP contribution in [0.3, 0.4) is 0 Å². The normalized spacial score (nSPS) is 18.8. The highest BCUT2D eigenvalue weighted by molar-refractivity contribution is 7.20. The third kappa shape index (κ3) is 2.13. The van der Waals surface area contributed by atoms with Crippen molar-refractivity contribution >= 4 is 27.5 Å². The Morgan fingerprint density at radius 3 is 2.67 bits per heavy atom. The summed E-state index contributed by atoms with van der Waals surface area (Å²) in [6.45, 7) is 5.29. The fourth-order valence-electron chi connectivity index (χ4n) is 2.74. The molecule has 1 aliphatic carbocycles. The first-order valence-electron chi connectivity index (χ1n) is 7.30. The second-order valence-electron chi connectivity index (χ2n) is 5.92. The zero-order valence-corrected chi connectivity index (χ0v) is 12.9. The number of rotatable bonds is 3. The van der Waals surface area contributed by atoms with Crippen LogP contribution in [0.4, 0.5) is 0 Å². The number of hydrogen-bond acceptors (Lipinski definition) is 5. The van der Waals surface area contributed by atoms with Crippen molar-refractivity contribution < 1.29 is 9.53 Å². The number of aryl methyl sites for hydroxylation is 2. The van der Waals surface area contributed by atoms with Gasteiger partial charge in [-0.15, -0.1) is 16.4 Å². The summed E-state index contributed by atoms with van der Waals surface area (Å²) in [6, 6.07) is 0.156. The summed E-state index contributed by atoms with van der Waals surface area (Å²) in [4.78, 5) is 14.3. The summed E-state index contributed by atoms with van der Waals surface area (Å²) in [5.41, 5.74) is 3.30. The van der Waals surface area contributed by atoms with E-state index in [0.717, 1.165) is 26.4 Å². The molecule has 1 amide bonds.